The van der Waals surface area contributed by atoms with Crippen molar-refractivity contribution < 1.29 is 75.0 Å². The van der Waals surface area contributed by atoms with Gasteiger partial charge >= 0.3 is 6.61 Å². The number of carbonyl (C=O) groups is 4. The minimum atomic E-state index is -2.97. The van der Waals surface area contributed by atoms with Gasteiger partial charge < -0.3 is 47.5 Å². The smallest absolute Gasteiger partial charge is 0.387 e. The van der Waals surface area contributed by atoms with E-state index in [1.807, 2.05) is 132 Å². The third kappa shape index (κ3) is 24.9. The molecule has 676 valence electrons. The molecule has 5 aliphatic rings. The summed E-state index contributed by atoms with van der Waals surface area (Å²) in [6.45, 7) is 19.4. The molecule has 0 radical (unpaired) electrons. The fourth-order valence-electron chi connectivity index (χ4n) is 13.0. The van der Waals surface area contributed by atoms with Crippen molar-refractivity contribution in [2.75, 3.05) is 18.0 Å². The molecule has 4 aromatic heterocycles. The molecule has 5 heterocycles. The number of Topliss-reactive ketones (excluding diaryl/α,β-unsaturated/α-hetero) is 4. The van der Waals surface area contributed by atoms with Gasteiger partial charge in [-0.15, -0.1) is 0 Å². The minimum Gasteiger partial charge on any atom is -0.490 e. The van der Waals surface area contributed by atoms with Gasteiger partial charge in [0.05, 0.1) is 129 Å². The van der Waals surface area contributed by atoms with Crippen molar-refractivity contribution in [3.8, 4) is 96.5 Å². The van der Waals surface area contributed by atoms with Crippen molar-refractivity contribution in [3.63, 3.8) is 0 Å². The maximum atomic E-state index is 14.2. The highest BCUT2D eigenvalue weighted by Gasteiger charge is 2.34. The van der Waals surface area contributed by atoms with Gasteiger partial charge in [0.1, 0.15) is 56.9 Å². The predicted octanol–water partition coefficient (Wildman–Crippen LogP) is 23.4. The largest absolute Gasteiger partial charge is 0.490 e. The molecular formula is C100H104Cl4F3N9O13. The zero-order chi connectivity index (χ0) is 91.8. The lowest BCUT2D eigenvalue weighted by Crippen LogP contribution is -2.37. The van der Waals surface area contributed by atoms with Gasteiger partial charge in [-0.1, -0.05) is 107 Å². The molecule has 4 aliphatic carbocycles. The number of alkyl halides is 2. The first kappa shape index (κ1) is 94.0. The van der Waals surface area contributed by atoms with E-state index in [4.69, 9.17) is 104 Å². The minimum absolute atomic E-state index is 0.00114. The van der Waals surface area contributed by atoms with Crippen molar-refractivity contribution in [2.24, 2.45) is 0 Å². The molecule has 22 nitrogen and oxygen atoms in total. The number of halogens is 7. The molecular weight excluding hydrogens is 1730 g/mol. The fourth-order valence-corrected chi connectivity index (χ4v) is 13.9. The highest BCUT2D eigenvalue weighted by atomic mass is 35.5. The van der Waals surface area contributed by atoms with Gasteiger partial charge in [-0.25, -0.2) is 23.1 Å². The van der Waals surface area contributed by atoms with E-state index in [2.05, 4.69) is 10.00 Å². The highest BCUT2D eigenvalue weighted by molar-refractivity contribution is 6.36. The van der Waals surface area contributed by atoms with Crippen LogP contribution < -0.4 is 28.6 Å². The molecule has 0 amide bonds. The molecule has 29 heteroatoms. The van der Waals surface area contributed by atoms with E-state index in [1.165, 1.54) is 39.8 Å². The number of nitrogens with zero attached hydrogens (tertiary/aromatic N) is 9. The number of benzene rings is 8. The Morgan fingerprint density at radius 3 is 1.04 bits per heavy atom. The van der Waals surface area contributed by atoms with Crippen LogP contribution in [-0.2, 0) is 64.6 Å². The third-order valence-electron chi connectivity index (χ3n) is 22.5. The molecule has 1 saturated heterocycles. The molecule has 8 aromatic carbocycles. The zero-order valence-corrected chi connectivity index (χ0v) is 77.0. The number of hydrogen-bond donors (Lipinski definition) is 0. The molecule has 0 N–H and O–H groups in total. The lowest BCUT2D eigenvalue weighted by molar-refractivity contribution is -0.140. The van der Waals surface area contributed by atoms with Crippen LogP contribution in [0.1, 0.15) is 164 Å². The van der Waals surface area contributed by atoms with Crippen LogP contribution in [0.15, 0.2) is 200 Å². The number of hydrogen-bond acceptors (Lipinski definition) is 18. The first-order valence-corrected chi connectivity index (χ1v) is 44.5. The lowest BCUT2D eigenvalue weighted by atomic mass is 10.1. The summed E-state index contributed by atoms with van der Waals surface area (Å²) in [5.41, 5.74) is 9.06. The number of rotatable bonds is 35. The van der Waals surface area contributed by atoms with Gasteiger partial charge in [0.2, 0.25) is 0 Å². The Bertz CT molecular complexity index is 6040. The normalized spacial score (nSPS) is 14.4. The monoisotopic (exact) mass is 1840 g/mol. The molecule has 4 saturated carbocycles. The quantitative estimate of drug-likeness (QED) is 0.0360. The van der Waals surface area contributed by atoms with Crippen LogP contribution in [0, 0.1) is 5.82 Å². The van der Waals surface area contributed by atoms with E-state index in [-0.39, 0.29) is 67.2 Å². The second kappa shape index (κ2) is 40.5. The fraction of sp³-hybridized carbons (Fsp3) is 0.360. The van der Waals surface area contributed by atoms with Gasteiger partial charge in [-0.05, 0) is 280 Å². The van der Waals surface area contributed by atoms with Crippen molar-refractivity contribution >= 4 is 75.2 Å². The lowest BCUT2D eigenvalue weighted by Gasteiger charge is -2.34. The average molecular weight is 1840 g/mol. The first-order valence-electron chi connectivity index (χ1n) is 43.0. The number of carbonyl (C=O) groups excluding carboxylic acids is 4. The second-order valence-electron chi connectivity index (χ2n) is 34.5. The number of aromatic nitrogens is 8. The van der Waals surface area contributed by atoms with Gasteiger partial charge in [0.15, 0.2) is 28.9 Å². The number of anilines is 1. The summed E-state index contributed by atoms with van der Waals surface area (Å²) in [5.74, 6) is 2.68. The molecule has 12 aromatic rings. The second-order valence-corrected chi connectivity index (χ2v) is 36.2. The summed E-state index contributed by atoms with van der Waals surface area (Å²) >= 11 is 25.3. The van der Waals surface area contributed by atoms with Gasteiger partial charge in [0, 0.05) is 45.4 Å². The summed E-state index contributed by atoms with van der Waals surface area (Å²) in [5, 5.41) is 21.0. The van der Waals surface area contributed by atoms with Gasteiger partial charge in [-0.3, -0.25) is 19.2 Å². The van der Waals surface area contributed by atoms with Crippen molar-refractivity contribution in [3.05, 3.63) is 249 Å². The Morgan fingerprint density at radius 1 is 0.364 bits per heavy atom. The summed E-state index contributed by atoms with van der Waals surface area (Å²) in [6.07, 6.45) is 10.9. The highest BCUT2D eigenvalue weighted by Crippen LogP contribution is 2.42. The maximum Gasteiger partial charge on any atom is 0.387 e. The maximum absolute atomic E-state index is 14.2. The van der Waals surface area contributed by atoms with Gasteiger partial charge in [-0.2, -0.15) is 29.2 Å². The number of ether oxygens (including phenoxy) is 9. The Balaban J connectivity index is 0.000000139. The van der Waals surface area contributed by atoms with Gasteiger partial charge in [0.25, 0.3) is 0 Å². The summed E-state index contributed by atoms with van der Waals surface area (Å²) < 4.78 is 99.2. The van der Waals surface area contributed by atoms with Crippen molar-refractivity contribution in [1.82, 2.24) is 39.1 Å². The Hall–Kier alpha value is -11.1. The molecule has 0 unspecified atom stereocenters. The van der Waals surface area contributed by atoms with Crippen molar-refractivity contribution in [2.45, 2.75) is 221 Å². The summed E-state index contributed by atoms with van der Waals surface area (Å²) in [4.78, 5) is 49.5. The van der Waals surface area contributed by atoms with Crippen LogP contribution in [0.2, 0.25) is 20.1 Å². The third-order valence-corrected chi connectivity index (χ3v) is 23.6. The summed E-state index contributed by atoms with van der Waals surface area (Å²) in [6, 6.07) is 60.8. The number of para-hydroxylation sites is 2. The summed E-state index contributed by atoms with van der Waals surface area (Å²) in [7, 11) is 0. The standard InChI is InChI=1S/C27H30FN3O3.C25H26F2N2O4.2C24H24Cl2N2O3/c1-18(32)27(2,3)33-17-21-16-25(19-6-4-7-23(14-19)34-22-9-10-22)31(29-21)24-11-8-20(28)15-26(24)30-12-5-13-30;1-16(30)25(2,3)31-15-18-14-22(17-7-6-8-20(13-17)32-19-11-12-19)29(28-18)21-9-4-5-10-23(21)33-24(26)27;1-15(29)24(2,3)30-14-18-13-23(16-5-4-6-20(11-16)31-19-8-9-19)28(27-18)22-10-7-17(25)12-21(22)26;1-15(29)24(2,3)30-14-18-13-22(16-5-4-6-20(11-16)31-19-8-9-19)28(27-18)23-12-17(25)7-10-21(23)26/h4,6-8,11,14-16,22H,5,9-10,12-13,17H2,1-3H3;4-10,13-14,19,24H,11-12,15H2,1-3H3;2*4-7,10-13,19H,8-9,14H2,1-3H3. The molecule has 0 spiro atoms. The molecule has 17 rings (SSSR count). The predicted molar refractivity (Wildman–Crippen MR) is 492 cm³/mol. The van der Waals surface area contributed by atoms with Crippen LogP contribution in [0.4, 0.5) is 18.9 Å². The van der Waals surface area contributed by atoms with E-state index in [9.17, 15) is 32.3 Å². The Morgan fingerprint density at radius 2 is 0.698 bits per heavy atom. The molecule has 129 heavy (non-hydrogen) atoms. The van der Waals surface area contributed by atoms with E-state index >= 15 is 0 Å². The van der Waals surface area contributed by atoms with Crippen LogP contribution in [0.3, 0.4) is 0 Å². The van der Waals surface area contributed by atoms with Crippen LogP contribution in [0.5, 0.6) is 28.7 Å². The number of ketones is 4. The van der Waals surface area contributed by atoms with E-state index < -0.39 is 29.0 Å². The average Bonchev–Trinajstić information content (AvgIpc) is 1.62. The van der Waals surface area contributed by atoms with E-state index in [0.717, 1.165) is 145 Å². The topological polar surface area (TPSA) is 226 Å². The first-order chi connectivity index (χ1) is 61.5. The van der Waals surface area contributed by atoms with Crippen LogP contribution in [-0.4, -0.2) is 129 Å². The van der Waals surface area contributed by atoms with E-state index in [0.29, 0.717) is 83.9 Å². The van der Waals surface area contributed by atoms with Crippen LogP contribution >= 0.6 is 46.4 Å². The molecule has 5 fully saturated rings. The molecule has 0 atom stereocenters. The molecule has 1 aliphatic heterocycles. The van der Waals surface area contributed by atoms with Crippen LogP contribution in [0.25, 0.3) is 67.8 Å². The van der Waals surface area contributed by atoms with E-state index in [1.54, 1.807) is 130 Å². The Kier molecular flexibility index (Phi) is 29.5. The SMILES string of the molecule is CC(=O)C(C)(C)OCc1cc(-c2cccc(OC3CC3)c2)n(-c2cc(Cl)ccc2Cl)n1.CC(=O)C(C)(C)OCc1cc(-c2cccc(OC3CC3)c2)n(-c2ccc(Cl)cc2Cl)n1.CC(=O)C(C)(C)OCc1cc(-c2cccc(OC3CC3)c2)n(-c2ccc(F)cc2N2CCC2)n1.CC(=O)C(C)(C)OCc1cc(-c2cccc(OC3CC3)c2)n(-c2ccccc2OC(F)F)n1. The Labute approximate surface area is 768 Å². The van der Waals surface area contributed by atoms with Crippen molar-refractivity contribution in [1.29, 1.82) is 0 Å². The zero-order valence-electron chi connectivity index (χ0n) is 74.0. The molecule has 0 bridgehead atoms.